The molecule has 1 N–H and O–H groups in total. The number of anilines is 1. The number of thiazole rings is 1. The van der Waals surface area contributed by atoms with Crippen molar-refractivity contribution < 1.29 is 14.3 Å². The molecular weight excluding hydrogens is 326 g/mol. The van der Waals surface area contributed by atoms with Crippen molar-refractivity contribution in [1.82, 2.24) is 9.97 Å². The summed E-state index contributed by atoms with van der Waals surface area (Å²) < 4.78 is 10.6. The third-order valence-electron chi connectivity index (χ3n) is 3.35. The van der Waals surface area contributed by atoms with Crippen LogP contribution >= 0.6 is 11.3 Å². The summed E-state index contributed by atoms with van der Waals surface area (Å²) in [7, 11) is 3.20. The molecule has 0 aliphatic heterocycles. The Morgan fingerprint density at radius 1 is 1.12 bits per heavy atom. The van der Waals surface area contributed by atoms with E-state index in [-0.39, 0.29) is 5.91 Å². The van der Waals surface area contributed by atoms with E-state index >= 15 is 0 Å². The van der Waals surface area contributed by atoms with Gasteiger partial charge in [-0.2, -0.15) is 0 Å². The minimum absolute atomic E-state index is 0.222. The Balaban J connectivity index is 1.82. The lowest BCUT2D eigenvalue weighted by molar-refractivity contribution is 0.102. The number of benzene rings is 1. The van der Waals surface area contributed by atoms with E-state index in [1.54, 1.807) is 44.8 Å². The maximum absolute atomic E-state index is 12.2. The van der Waals surface area contributed by atoms with Crippen LogP contribution in [0.5, 0.6) is 11.5 Å². The number of nitrogens with zero attached hydrogens (tertiary/aromatic N) is 2. The molecule has 0 bridgehead atoms. The molecule has 0 aliphatic carbocycles. The molecular formula is C17H15N3O3S. The van der Waals surface area contributed by atoms with Crippen LogP contribution in [0.3, 0.4) is 0 Å². The lowest BCUT2D eigenvalue weighted by Crippen LogP contribution is -2.11. The van der Waals surface area contributed by atoms with Crippen molar-refractivity contribution in [2.24, 2.45) is 0 Å². The summed E-state index contributed by atoms with van der Waals surface area (Å²) in [5.74, 6) is 1.14. The summed E-state index contributed by atoms with van der Waals surface area (Å²) in [6.45, 7) is 0. The third kappa shape index (κ3) is 3.36. The smallest absolute Gasteiger partial charge is 0.257 e. The molecule has 0 aliphatic rings. The Morgan fingerprint density at radius 3 is 2.62 bits per heavy atom. The molecule has 24 heavy (non-hydrogen) atoms. The molecule has 0 unspecified atom stereocenters. The average Bonchev–Trinajstić information content (AvgIpc) is 3.10. The van der Waals surface area contributed by atoms with Gasteiger partial charge in [0.05, 0.1) is 19.9 Å². The Labute approximate surface area is 143 Å². The third-order valence-corrected chi connectivity index (χ3v) is 4.11. The molecule has 3 aromatic rings. The number of rotatable bonds is 5. The van der Waals surface area contributed by atoms with E-state index in [0.717, 1.165) is 11.3 Å². The number of hydrogen-bond acceptors (Lipinski definition) is 6. The predicted molar refractivity (Wildman–Crippen MR) is 92.8 cm³/mol. The molecule has 2 aromatic heterocycles. The normalized spacial score (nSPS) is 10.2. The fraction of sp³-hybridized carbons (Fsp3) is 0.118. The monoisotopic (exact) mass is 341 g/mol. The zero-order valence-corrected chi connectivity index (χ0v) is 14.0. The van der Waals surface area contributed by atoms with Gasteiger partial charge in [-0.1, -0.05) is 0 Å². The number of nitrogens with one attached hydrogen (secondary N) is 1. The van der Waals surface area contributed by atoms with Crippen molar-refractivity contribution in [2.75, 3.05) is 19.5 Å². The van der Waals surface area contributed by atoms with E-state index in [1.165, 1.54) is 11.3 Å². The number of hydrogen-bond donors (Lipinski definition) is 1. The summed E-state index contributed by atoms with van der Waals surface area (Å²) in [5, 5.41) is 5.17. The van der Waals surface area contributed by atoms with Crippen molar-refractivity contribution in [1.29, 1.82) is 0 Å². The molecule has 0 saturated carbocycles. The lowest BCUT2D eigenvalue weighted by Gasteiger charge is -2.08. The maximum Gasteiger partial charge on any atom is 0.257 e. The number of amides is 1. The van der Waals surface area contributed by atoms with Gasteiger partial charge >= 0.3 is 0 Å². The van der Waals surface area contributed by atoms with Crippen molar-refractivity contribution in [3.63, 3.8) is 0 Å². The van der Waals surface area contributed by atoms with E-state index in [1.807, 2.05) is 17.5 Å². The molecule has 0 atom stereocenters. The van der Waals surface area contributed by atoms with Crippen molar-refractivity contribution in [3.05, 3.63) is 53.7 Å². The van der Waals surface area contributed by atoms with Crippen LogP contribution in [0, 0.1) is 0 Å². The summed E-state index contributed by atoms with van der Waals surface area (Å²) in [6.07, 6.45) is 3.15. The van der Waals surface area contributed by atoms with Crippen LogP contribution in [0.15, 0.2) is 48.1 Å². The standard InChI is InChI=1S/C17H15N3O3S/c1-22-12-3-4-13(15(9-12)23-2)14-10-24-17(19-14)20-16(21)11-5-7-18-8-6-11/h3-10H,1-2H3,(H,19,20,21). The zero-order chi connectivity index (χ0) is 16.9. The Morgan fingerprint density at radius 2 is 1.92 bits per heavy atom. The number of aromatic nitrogens is 2. The fourth-order valence-electron chi connectivity index (χ4n) is 2.14. The molecule has 0 spiro atoms. The van der Waals surface area contributed by atoms with Gasteiger partial charge in [0, 0.05) is 35.0 Å². The summed E-state index contributed by atoms with van der Waals surface area (Å²) in [6, 6.07) is 8.81. The predicted octanol–water partition coefficient (Wildman–Crippen LogP) is 3.47. The molecule has 0 radical (unpaired) electrons. The number of ether oxygens (including phenoxy) is 2. The van der Waals surface area contributed by atoms with Gasteiger partial charge in [-0.3, -0.25) is 15.1 Å². The number of carbonyl (C=O) groups is 1. The van der Waals surface area contributed by atoms with E-state index in [0.29, 0.717) is 22.2 Å². The van der Waals surface area contributed by atoms with Crippen molar-refractivity contribution in [3.8, 4) is 22.8 Å². The molecule has 6 nitrogen and oxygen atoms in total. The highest BCUT2D eigenvalue weighted by molar-refractivity contribution is 7.14. The first kappa shape index (κ1) is 15.9. The number of carbonyl (C=O) groups excluding carboxylic acids is 1. The second-order valence-corrected chi connectivity index (χ2v) is 5.65. The average molecular weight is 341 g/mol. The van der Waals surface area contributed by atoms with Gasteiger partial charge in [-0.05, 0) is 24.3 Å². The Kier molecular flexibility index (Phi) is 4.72. The molecule has 0 saturated heterocycles. The van der Waals surface area contributed by atoms with Crippen LogP contribution in [0.4, 0.5) is 5.13 Å². The minimum Gasteiger partial charge on any atom is -0.497 e. The van der Waals surface area contributed by atoms with Crippen molar-refractivity contribution >= 4 is 22.4 Å². The first-order chi connectivity index (χ1) is 11.7. The highest BCUT2D eigenvalue weighted by Crippen LogP contribution is 2.34. The summed E-state index contributed by atoms with van der Waals surface area (Å²) >= 11 is 1.35. The molecule has 122 valence electrons. The number of pyridine rings is 1. The topological polar surface area (TPSA) is 73.3 Å². The van der Waals surface area contributed by atoms with Gasteiger partial charge < -0.3 is 9.47 Å². The maximum atomic E-state index is 12.2. The quantitative estimate of drug-likeness (QED) is 0.769. The van der Waals surface area contributed by atoms with Crippen LogP contribution in [0.1, 0.15) is 10.4 Å². The van der Waals surface area contributed by atoms with Crippen LogP contribution < -0.4 is 14.8 Å². The van der Waals surface area contributed by atoms with E-state index in [4.69, 9.17) is 9.47 Å². The summed E-state index contributed by atoms with van der Waals surface area (Å²) in [5.41, 5.74) is 2.09. The van der Waals surface area contributed by atoms with Crippen molar-refractivity contribution in [2.45, 2.75) is 0 Å². The Hall–Kier alpha value is -2.93. The van der Waals surface area contributed by atoms with Gasteiger partial charge in [0.2, 0.25) is 0 Å². The van der Waals surface area contributed by atoms with Gasteiger partial charge in [0.15, 0.2) is 5.13 Å². The summed E-state index contributed by atoms with van der Waals surface area (Å²) in [4.78, 5) is 20.5. The number of methoxy groups -OCH3 is 2. The fourth-order valence-corrected chi connectivity index (χ4v) is 2.84. The molecule has 1 aromatic carbocycles. The second-order valence-electron chi connectivity index (χ2n) is 4.79. The molecule has 3 rings (SSSR count). The SMILES string of the molecule is COc1ccc(-c2csc(NC(=O)c3ccncc3)n2)c(OC)c1. The van der Waals surface area contributed by atoms with Gasteiger partial charge in [0.25, 0.3) is 5.91 Å². The highest BCUT2D eigenvalue weighted by atomic mass is 32.1. The van der Waals surface area contributed by atoms with E-state index < -0.39 is 0 Å². The first-order valence-corrected chi connectivity index (χ1v) is 7.98. The highest BCUT2D eigenvalue weighted by Gasteiger charge is 2.13. The van der Waals surface area contributed by atoms with Crippen LogP contribution in [0.2, 0.25) is 0 Å². The van der Waals surface area contributed by atoms with Gasteiger partial charge in [-0.15, -0.1) is 11.3 Å². The van der Waals surface area contributed by atoms with E-state index in [9.17, 15) is 4.79 Å². The Bertz CT molecular complexity index is 849. The molecule has 2 heterocycles. The molecule has 7 heteroatoms. The van der Waals surface area contributed by atoms with Crippen LogP contribution in [0.25, 0.3) is 11.3 Å². The molecule has 0 fully saturated rings. The first-order valence-electron chi connectivity index (χ1n) is 7.10. The second kappa shape index (κ2) is 7.10. The van der Waals surface area contributed by atoms with E-state index in [2.05, 4.69) is 15.3 Å². The lowest BCUT2D eigenvalue weighted by atomic mass is 10.1. The van der Waals surface area contributed by atoms with Gasteiger partial charge in [-0.25, -0.2) is 4.98 Å². The minimum atomic E-state index is -0.222. The van der Waals surface area contributed by atoms with Crippen LogP contribution in [-0.2, 0) is 0 Å². The van der Waals surface area contributed by atoms with Crippen LogP contribution in [-0.4, -0.2) is 30.1 Å². The molecule has 1 amide bonds. The zero-order valence-electron chi connectivity index (χ0n) is 13.1. The van der Waals surface area contributed by atoms with Gasteiger partial charge in [0.1, 0.15) is 11.5 Å². The largest absolute Gasteiger partial charge is 0.497 e.